The summed E-state index contributed by atoms with van der Waals surface area (Å²) >= 11 is 1.67. The van der Waals surface area contributed by atoms with Gasteiger partial charge in [-0.3, -0.25) is 0 Å². The molecule has 4 heteroatoms. The van der Waals surface area contributed by atoms with Crippen molar-refractivity contribution >= 4 is 27.6 Å². The minimum Gasteiger partial charge on any atom is -0.489 e. The fourth-order valence-corrected chi connectivity index (χ4v) is 2.93. The van der Waals surface area contributed by atoms with Gasteiger partial charge >= 0.3 is 0 Å². The molecule has 0 saturated carbocycles. The molecule has 0 fully saturated rings. The van der Waals surface area contributed by atoms with Gasteiger partial charge in [-0.2, -0.15) is 0 Å². The van der Waals surface area contributed by atoms with Crippen LogP contribution in [0.1, 0.15) is 10.6 Å². The minimum absolute atomic E-state index is 0.582. The van der Waals surface area contributed by atoms with Crippen LogP contribution in [0.25, 0.3) is 16.3 Å². The first kappa shape index (κ1) is 14.6. The first-order valence-corrected chi connectivity index (χ1v) is 7.94. The second kappa shape index (κ2) is 6.62. The van der Waals surface area contributed by atoms with Crippen LogP contribution in [-0.2, 0) is 6.61 Å². The summed E-state index contributed by atoms with van der Waals surface area (Å²) in [5.74, 6) is 0.878. The average molecular weight is 310 g/mol. The highest BCUT2D eigenvalue weighted by Crippen LogP contribution is 2.27. The monoisotopic (exact) mass is 310 g/mol. The number of hydrogen-bond acceptors (Lipinski definition) is 4. The van der Waals surface area contributed by atoms with E-state index in [2.05, 4.69) is 23.2 Å². The number of benzene rings is 2. The molecule has 22 heavy (non-hydrogen) atoms. The highest BCUT2D eigenvalue weighted by molar-refractivity contribution is 7.19. The minimum atomic E-state index is 0.582. The third-order valence-corrected chi connectivity index (χ3v) is 4.12. The molecule has 3 nitrogen and oxygen atoms in total. The third-order valence-electron chi connectivity index (χ3n) is 3.14. The first-order valence-electron chi connectivity index (χ1n) is 7.13. The van der Waals surface area contributed by atoms with E-state index in [1.165, 1.54) is 5.56 Å². The molecule has 1 aromatic heterocycles. The van der Waals surface area contributed by atoms with E-state index in [4.69, 9.17) is 4.74 Å². The van der Waals surface area contributed by atoms with Crippen molar-refractivity contribution in [3.63, 3.8) is 0 Å². The van der Waals surface area contributed by atoms with E-state index in [9.17, 15) is 0 Å². The Morgan fingerprint density at radius 2 is 1.95 bits per heavy atom. The fraction of sp³-hybridized carbons (Fsp3) is 0.167. The summed E-state index contributed by atoms with van der Waals surface area (Å²) in [5.41, 5.74) is 2.18. The molecule has 0 bridgehead atoms. The maximum Gasteiger partial charge on any atom is 0.121 e. The molecule has 0 aliphatic rings. The molecule has 0 atom stereocenters. The lowest BCUT2D eigenvalue weighted by Crippen LogP contribution is -1.99. The van der Waals surface area contributed by atoms with Gasteiger partial charge in [-0.1, -0.05) is 30.3 Å². The molecular weight excluding hydrogens is 292 g/mol. The topological polar surface area (TPSA) is 25.4 Å². The van der Waals surface area contributed by atoms with E-state index in [-0.39, 0.29) is 0 Å². The van der Waals surface area contributed by atoms with Crippen LogP contribution in [0, 0.1) is 0 Å². The standard InChI is InChI=1S/C18H18N2OS/c1-20(2)11-10-18-19-16-9-8-15(12-17(16)22-18)21-13-14-6-4-3-5-7-14/h3-12H,13H2,1-2H3. The molecule has 0 aliphatic heterocycles. The maximum absolute atomic E-state index is 5.86. The lowest BCUT2D eigenvalue weighted by atomic mass is 10.2. The van der Waals surface area contributed by atoms with Crippen molar-refractivity contribution in [1.29, 1.82) is 0 Å². The maximum atomic E-state index is 5.86. The Labute approximate surface area is 134 Å². The van der Waals surface area contributed by atoms with Crippen molar-refractivity contribution < 1.29 is 4.74 Å². The second-order valence-corrected chi connectivity index (χ2v) is 6.30. The molecule has 2 aromatic carbocycles. The van der Waals surface area contributed by atoms with E-state index in [1.54, 1.807) is 11.3 Å². The van der Waals surface area contributed by atoms with E-state index in [0.29, 0.717) is 6.61 Å². The Morgan fingerprint density at radius 1 is 1.14 bits per heavy atom. The van der Waals surface area contributed by atoms with E-state index >= 15 is 0 Å². The molecule has 0 radical (unpaired) electrons. The summed E-state index contributed by atoms with van der Waals surface area (Å²) in [4.78, 5) is 6.59. The predicted molar refractivity (Wildman–Crippen MR) is 93.1 cm³/mol. The Bertz CT molecular complexity index is 778. The third kappa shape index (κ3) is 3.65. The molecule has 0 unspecified atom stereocenters. The van der Waals surface area contributed by atoms with Crippen molar-refractivity contribution in [2.45, 2.75) is 6.61 Å². The van der Waals surface area contributed by atoms with Gasteiger partial charge in [0.25, 0.3) is 0 Å². The van der Waals surface area contributed by atoms with Crippen molar-refractivity contribution in [3.8, 4) is 5.75 Å². The van der Waals surface area contributed by atoms with Gasteiger partial charge < -0.3 is 9.64 Å². The van der Waals surface area contributed by atoms with Gasteiger partial charge in [-0.05, 0) is 29.8 Å². The average Bonchev–Trinajstić information content (AvgIpc) is 2.94. The van der Waals surface area contributed by atoms with Gasteiger partial charge in [0, 0.05) is 20.3 Å². The molecule has 0 amide bonds. The van der Waals surface area contributed by atoms with Crippen LogP contribution in [0.3, 0.4) is 0 Å². The van der Waals surface area contributed by atoms with E-state index < -0.39 is 0 Å². The number of thiazole rings is 1. The molecular formula is C18H18N2OS. The molecule has 3 aromatic rings. The lowest BCUT2D eigenvalue weighted by molar-refractivity contribution is 0.306. The highest BCUT2D eigenvalue weighted by Gasteiger charge is 2.04. The quantitative estimate of drug-likeness (QED) is 0.698. The summed E-state index contributed by atoms with van der Waals surface area (Å²) < 4.78 is 7.00. The number of rotatable bonds is 5. The van der Waals surface area contributed by atoms with Gasteiger partial charge in [-0.25, -0.2) is 4.98 Å². The Hall–Kier alpha value is -2.33. The van der Waals surface area contributed by atoms with Gasteiger partial charge in [0.15, 0.2) is 0 Å². The molecule has 1 heterocycles. The fourth-order valence-electron chi connectivity index (χ4n) is 2.04. The van der Waals surface area contributed by atoms with Crippen molar-refractivity contribution in [3.05, 3.63) is 65.3 Å². The van der Waals surface area contributed by atoms with E-state index in [1.807, 2.05) is 61.6 Å². The zero-order valence-corrected chi connectivity index (χ0v) is 13.5. The summed E-state index contributed by atoms with van der Waals surface area (Å²) in [6, 6.07) is 16.2. The van der Waals surface area contributed by atoms with Crippen molar-refractivity contribution in [1.82, 2.24) is 9.88 Å². The Kier molecular flexibility index (Phi) is 4.39. The normalized spacial score (nSPS) is 11.2. The number of aromatic nitrogens is 1. The van der Waals surface area contributed by atoms with Crippen LogP contribution < -0.4 is 4.74 Å². The van der Waals surface area contributed by atoms with Gasteiger partial charge in [0.1, 0.15) is 17.4 Å². The summed E-state index contributed by atoms with van der Waals surface area (Å²) in [7, 11) is 4.00. The molecule has 0 saturated heterocycles. The number of hydrogen-bond donors (Lipinski definition) is 0. The number of ether oxygens (including phenoxy) is 1. The zero-order valence-electron chi connectivity index (χ0n) is 12.7. The molecule has 0 aliphatic carbocycles. The van der Waals surface area contributed by atoms with Gasteiger partial charge in [0.2, 0.25) is 0 Å². The van der Waals surface area contributed by atoms with Crippen LogP contribution in [0.15, 0.2) is 54.7 Å². The first-order chi connectivity index (χ1) is 10.7. The zero-order chi connectivity index (χ0) is 15.4. The summed E-state index contributed by atoms with van der Waals surface area (Å²) in [6.45, 7) is 0.582. The van der Waals surface area contributed by atoms with Crippen molar-refractivity contribution in [2.24, 2.45) is 0 Å². The van der Waals surface area contributed by atoms with Crippen LogP contribution in [0.4, 0.5) is 0 Å². The molecule has 3 rings (SSSR count). The van der Waals surface area contributed by atoms with Gasteiger partial charge in [-0.15, -0.1) is 11.3 Å². The molecule has 0 spiro atoms. The van der Waals surface area contributed by atoms with Crippen LogP contribution >= 0.6 is 11.3 Å². The van der Waals surface area contributed by atoms with Crippen LogP contribution in [0.5, 0.6) is 5.75 Å². The van der Waals surface area contributed by atoms with Crippen LogP contribution in [-0.4, -0.2) is 24.0 Å². The molecule has 0 N–H and O–H groups in total. The largest absolute Gasteiger partial charge is 0.489 e. The van der Waals surface area contributed by atoms with Crippen molar-refractivity contribution in [2.75, 3.05) is 14.1 Å². The highest BCUT2D eigenvalue weighted by atomic mass is 32.1. The smallest absolute Gasteiger partial charge is 0.121 e. The Morgan fingerprint density at radius 3 is 2.73 bits per heavy atom. The Balaban J connectivity index is 1.75. The van der Waals surface area contributed by atoms with Gasteiger partial charge in [0.05, 0.1) is 10.2 Å². The second-order valence-electron chi connectivity index (χ2n) is 5.24. The van der Waals surface area contributed by atoms with Crippen LogP contribution in [0.2, 0.25) is 0 Å². The SMILES string of the molecule is CN(C)C=Cc1nc2ccc(OCc3ccccc3)cc2s1. The molecule has 112 valence electrons. The lowest BCUT2D eigenvalue weighted by Gasteiger charge is -2.05. The summed E-state index contributed by atoms with van der Waals surface area (Å²) in [6.07, 6.45) is 4.03. The summed E-state index contributed by atoms with van der Waals surface area (Å²) in [5, 5.41) is 1.00. The van der Waals surface area contributed by atoms with E-state index in [0.717, 1.165) is 21.0 Å². The predicted octanol–water partition coefficient (Wildman–Crippen LogP) is 4.41. The number of nitrogens with zero attached hydrogens (tertiary/aromatic N) is 2. The number of fused-ring (bicyclic) bond motifs is 1.